The SMILES string of the molecule is CC(C)(O)CC(C)(O)C(F)(F)F. The Morgan fingerprint density at radius 2 is 1.33 bits per heavy atom. The van der Waals surface area contributed by atoms with Gasteiger partial charge in [0.05, 0.1) is 5.60 Å². The predicted octanol–water partition coefficient (Wildman–Crippen LogP) is 1.46. The number of alkyl halides is 3. The van der Waals surface area contributed by atoms with Gasteiger partial charge in [-0.1, -0.05) is 0 Å². The van der Waals surface area contributed by atoms with Crippen LogP contribution in [-0.2, 0) is 0 Å². The summed E-state index contributed by atoms with van der Waals surface area (Å²) in [5.41, 5.74) is -4.36. The number of aliphatic hydroxyl groups is 2. The van der Waals surface area contributed by atoms with Crippen LogP contribution < -0.4 is 0 Å². The zero-order valence-corrected chi connectivity index (χ0v) is 7.24. The monoisotopic (exact) mass is 186 g/mol. The molecule has 2 N–H and O–H groups in total. The van der Waals surface area contributed by atoms with Crippen LogP contribution in [0.5, 0.6) is 0 Å². The van der Waals surface area contributed by atoms with E-state index in [9.17, 15) is 13.2 Å². The summed E-state index contributed by atoms with van der Waals surface area (Å²) in [6.07, 6.45) is -5.43. The van der Waals surface area contributed by atoms with Crippen LogP contribution in [-0.4, -0.2) is 27.6 Å². The second-order valence-electron chi connectivity index (χ2n) is 3.76. The summed E-state index contributed by atoms with van der Waals surface area (Å²) in [5, 5.41) is 18.0. The molecular weight excluding hydrogens is 173 g/mol. The minimum absolute atomic E-state index is 0.644. The standard InChI is InChI=1S/C7H13F3O2/c1-5(2,11)4-6(3,12)7(8,9)10/h11-12H,4H2,1-3H3. The Kier molecular flexibility index (Phi) is 2.81. The molecule has 0 aliphatic heterocycles. The van der Waals surface area contributed by atoms with Gasteiger partial charge in [-0.15, -0.1) is 0 Å². The summed E-state index contributed by atoms with van der Waals surface area (Å²) in [6, 6.07) is 0. The Bertz CT molecular complexity index is 155. The molecule has 0 aliphatic carbocycles. The number of hydrogen-bond acceptors (Lipinski definition) is 2. The van der Waals surface area contributed by atoms with E-state index in [2.05, 4.69) is 0 Å². The molecule has 0 aliphatic rings. The minimum atomic E-state index is -4.70. The van der Waals surface area contributed by atoms with Crippen LogP contribution in [0.2, 0.25) is 0 Å². The van der Waals surface area contributed by atoms with Crippen molar-refractivity contribution >= 4 is 0 Å². The smallest absolute Gasteiger partial charge is 0.390 e. The Morgan fingerprint density at radius 3 is 1.42 bits per heavy atom. The first-order chi connectivity index (χ1) is 4.96. The topological polar surface area (TPSA) is 40.5 Å². The van der Waals surface area contributed by atoms with E-state index in [-0.39, 0.29) is 0 Å². The fourth-order valence-corrected chi connectivity index (χ4v) is 0.943. The molecule has 0 rings (SSSR count). The highest BCUT2D eigenvalue weighted by Gasteiger charge is 2.51. The van der Waals surface area contributed by atoms with Crippen LogP contribution >= 0.6 is 0 Å². The summed E-state index contributed by atoms with van der Waals surface area (Å²) >= 11 is 0. The zero-order chi connectivity index (χ0) is 10.2. The highest BCUT2D eigenvalue weighted by atomic mass is 19.4. The Labute approximate surface area is 69.0 Å². The third-order valence-electron chi connectivity index (χ3n) is 1.39. The maximum Gasteiger partial charge on any atom is 0.417 e. The lowest BCUT2D eigenvalue weighted by molar-refractivity contribution is -0.265. The van der Waals surface area contributed by atoms with Crippen LogP contribution in [0.1, 0.15) is 27.2 Å². The first kappa shape index (κ1) is 11.7. The van der Waals surface area contributed by atoms with E-state index in [0.717, 1.165) is 0 Å². The normalized spacial score (nSPS) is 19.0. The molecule has 0 saturated heterocycles. The van der Waals surface area contributed by atoms with Crippen molar-refractivity contribution in [2.24, 2.45) is 0 Å². The molecule has 0 amide bonds. The molecule has 1 atom stereocenters. The molecule has 0 saturated carbocycles. The third kappa shape index (κ3) is 3.40. The highest BCUT2D eigenvalue weighted by Crippen LogP contribution is 2.35. The van der Waals surface area contributed by atoms with Gasteiger partial charge in [0.25, 0.3) is 0 Å². The van der Waals surface area contributed by atoms with Crippen molar-refractivity contribution < 1.29 is 23.4 Å². The second kappa shape index (κ2) is 2.88. The van der Waals surface area contributed by atoms with Gasteiger partial charge in [-0.25, -0.2) is 0 Å². The largest absolute Gasteiger partial charge is 0.417 e. The lowest BCUT2D eigenvalue weighted by atomic mass is 9.90. The molecule has 0 fully saturated rings. The number of hydrogen-bond donors (Lipinski definition) is 2. The van der Waals surface area contributed by atoms with Gasteiger partial charge in [0.15, 0.2) is 5.60 Å². The molecule has 74 valence electrons. The molecule has 12 heavy (non-hydrogen) atoms. The van der Waals surface area contributed by atoms with Crippen LogP contribution in [0.15, 0.2) is 0 Å². The Morgan fingerprint density at radius 1 is 1.00 bits per heavy atom. The van der Waals surface area contributed by atoms with Crippen molar-refractivity contribution in [2.75, 3.05) is 0 Å². The maximum absolute atomic E-state index is 12.0. The van der Waals surface area contributed by atoms with Gasteiger partial charge >= 0.3 is 6.18 Å². The van der Waals surface area contributed by atoms with E-state index < -0.39 is 23.8 Å². The molecule has 0 aromatic heterocycles. The summed E-state index contributed by atoms with van der Waals surface area (Å²) in [4.78, 5) is 0. The highest BCUT2D eigenvalue weighted by molar-refractivity contribution is 4.87. The summed E-state index contributed by atoms with van der Waals surface area (Å²) < 4.78 is 36.0. The summed E-state index contributed by atoms with van der Waals surface area (Å²) in [7, 11) is 0. The first-order valence-electron chi connectivity index (χ1n) is 3.47. The van der Waals surface area contributed by atoms with Crippen molar-refractivity contribution in [1.29, 1.82) is 0 Å². The molecular formula is C7H13F3O2. The zero-order valence-electron chi connectivity index (χ0n) is 7.24. The van der Waals surface area contributed by atoms with Gasteiger partial charge < -0.3 is 10.2 Å². The molecule has 0 spiro atoms. The quantitative estimate of drug-likeness (QED) is 0.685. The maximum atomic E-state index is 12.0. The average Bonchev–Trinajstić information content (AvgIpc) is 1.52. The van der Waals surface area contributed by atoms with E-state index >= 15 is 0 Å². The molecule has 0 bridgehead atoms. The van der Waals surface area contributed by atoms with E-state index in [0.29, 0.717) is 6.92 Å². The summed E-state index contributed by atoms with van der Waals surface area (Å²) in [5.74, 6) is 0. The van der Waals surface area contributed by atoms with Crippen molar-refractivity contribution in [2.45, 2.75) is 44.6 Å². The summed E-state index contributed by atoms with van der Waals surface area (Å²) in [6.45, 7) is 3.07. The van der Waals surface area contributed by atoms with Gasteiger partial charge in [0.1, 0.15) is 0 Å². The molecule has 5 heteroatoms. The van der Waals surface area contributed by atoms with E-state index in [1.54, 1.807) is 0 Å². The fourth-order valence-electron chi connectivity index (χ4n) is 0.943. The molecule has 1 unspecified atom stereocenters. The average molecular weight is 186 g/mol. The van der Waals surface area contributed by atoms with Gasteiger partial charge in [-0.3, -0.25) is 0 Å². The lowest BCUT2D eigenvalue weighted by Crippen LogP contribution is -2.47. The second-order valence-corrected chi connectivity index (χ2v) is 3.76. The Balaban J connectivity index is 4.44. The first-order valence-corrected chi connectivity index (χ1v) is 3.47. The molecule has 0 aromatic carbocycles. The predicted molar refractivity (Wildman–Crippen MR) is 37.6 cm³/mol. The van der Waals surface area contributed by atoms with Gasteiger partial charge in [-0.2, -0.15) is 13.2 Å². The third-order valence-corrected chi connectivity index (χ3v) is 1.39. The molecule has 0 radical (unpaired) electrons. The van der Waals surface area contributed by atoms with Crippen LogP contribution in [0.3, 0.4) is 0 Å². The molecule has 2 nitrogen and oxygen atoms in total. The van der Waals surface area contributed by atoms with E-state index in [4.69, 9.17) is 10.2 Å². The van der Waals surface area contributed by atoms with E-state index in [1.165, 1.54) is 13.8 Å². The number of halogens is 3. The van der Waals surface area contributed by atoms with E-state index in [1.807, 2.05) is 0 Å². The van der Waals surface area contributed by atoms with Crippen molar-refractivity contribution in [3.05, 3.63) is 0 Å². The minimum Gasteiger partial charge on any atom is -0.390 e. The van der Waals surface area contributed by atoms with Crippen LogP contribution in [0.4, 0.5) is 13.2 Å². The van der Waals surface area contributed by atoms with Crippen molar-refractivity contribution in [3.63, 3.8) is 0 Å². The van der Waals surface area contributed by atoms with Crippen LogP contribution in [0.25, 0.3) is 0 Å². The van der Waals surface area contributed by atoms with Gasteiger partial charge in [0.2, 0.25) is 0 Å². The molecule has 0 aromatic rings. The van der Waals surface area contributed by atoms with Gasteiger partial charge in [0, 0.05) is 6.42 Å². The number of rotatable bonds is 2. The van der Waals surface area contributed by atoms with Gasteiger partial charge in [-0.05, 0) is 20.8 Å². The Hall–Kier alpha value is -0.290. The molecule has 0 heterocycles. The lowest BCUT2D eigenvalue weighted by Gasteiger charge is -2.31. The van der Waals surface area contributed by atoms with Crippen molar-refractivity contribution in [1.82, 2.24) is 0 Å². The van der Waals surface area contributed by atoms with Crippen LogP contribution in [0, 0.1) is 0 Å². The van der Waals surface area contributed by atoms with Crippen molar-refractivity contribution in [3.8, 4) is 0 Å². The fraction of sp³-hybridized carbons (Fsp3) is 1.00.